The molecule has 0 radical (unpaired) electrons. The van der Waals surface area contributed by atoms with Gasteiger partial charge in [0, 0.05) is 47.8 Å². The molecule has 0 aliphatic carbocycles. The highest BCUT2D eigenvalue weighted by atomic mass is 32.2. The van der Waals surface area contributed by atoms with Crippen molar-refractivity contribution in [2.75, 3.05) is 18.8 Å². The van der Waals surface area contributed by atoms with Crippen LogP contribution in [0.1, 0.15) is 31.4 Å². The van der Waals surface area contributed by atoms with Crippen LogP contribution in [-0.2, 0) is 16.6 Å². The zero-order valence-electron chi connectivity index (χ0n) is 14.2. The molecule has 2 bridgehead atoms. The third-order valence-electron chi connectivity index (χ3n) is 5.20. The van der Waals surface area contributed by atoms with Crippen LogP contribution in [0.4, 0.5) is 0 Å². The largest absolute Gasteiger partial charge is 0.311 e. The Bertz CT molecular complexity index is 932. The zero-order chi connectivity index (χ0) is 17.6. The Morgan fingerprint density at radius 3 is 2.76 bits per heavy atom. The standard InChI is InChI=1S/C18H22N2O3S2/c1-2-8-25(22,23)19-10-13-9-14(12-19)18-15(16-4-3-7-24-16)5-6-17(21)20(18)11-13/h3-7,13-14H,2,8-12H2,1H3/t13-,14-/m1/s1. The van der Waals surface area contributed by atoms with E-state index in [0.717, 1.165) is 22.6 Å². The van der Waals surface area contributed by atoms with Crippen molar-refractivity contribution in [2.45, 2.75) is 32.2 Å². The van der Waals surface area contributed by atoms with Gasteiger partial charge in [-0.2, -0.15) is 0 Å². The summed E-state index contributed by atoms with van der Waals surface area (Å²) in [5, 5.41) is 2.03. The van der Waals surface area contributed by atoms with E-state index in [2.05, 4.69) is 6.07 Å². The van der Waals surface area contributed by atoms with Crippen LogP contribution in [-0.4, -0.2) is 36.1 Å². The van der Waals surface area contributed by atoms with E-state index in [1.807, 2.05) is 29.0 Å². The van der Waals surface area contributed by atoms with E-state index in [0.29, 0.717) is 26.1 Å². The quantitative estimate of drug-likeness (QED) is 0.822. The number of piperidine rings is 1. The van der Waals surface area contributed by atoms with Crippen LogP contribution < -0.4 is 5.56 Å². The number of pyridine rings is 1. The number of thiophene rings is 1. The van der Waals surface area contributed by atoms with E-state index in [4.69, 9.17) is 0 Å². The first-order chi connectivity index (χ1) is 12.0. The number of aromatic nitrogens is 1. The van der Waals surface area contributed by atoms with Gasteiger partial charge in [0.05, 0.1) is 5.75 Å². The highest BCUT2D eigenvalue weighted by molar-refractivity contribution is 7.89. The van der Waals surface area contributed by atoms with Crippen molar-refractivity contribution in [1.82, 2.24) is 8.87 Å². The van der Waals surface area contributed by atoms with Crippen molar-refractivity contribution >= 4 is 21.4 Å². The smallest absolute Gasteiger partial charge is 0.250 e. The summed E-state index contributed by atoms with van der Waals surface area (Å²) < 4.78 is 28.7. The van der Waals surface area contributed by atoms with Crippen LogP contribution in [0.5, 0.6) is 0 Å². The highest BCUT2D eigenvalue weighted by Crippen LogP contribution is 2.41. The molecule has 1 saturated heterocycles. The SMILES string of the molecule is CCCS(=O)(=O)N1C[C@H]2C[C@H](C1)c1c(-c3cccs3)ccc(=O)n1C2. The Morgan fingerprint density at radius 2 is 2.04 bits per heavy atom. The second kappa shape index (κ2) is 6.37. The zero-order valence-corrected chi connectivity index (χ0v) is 15.9. The number of hydrogen-bond donors (Lipinski definition) is 0. The van der Waals surface area contributed by atoms with Gasteiger partial charge in [0.2, 0.25) is 10.0 Å². The predicted molar refractivity (Wildman–Crippen MR) is 101 cm³/mol. The topological polar surface area (TPSA) is 59.4 Å². The van der Waals surface area contributed by atoms with Crippen LogP contribution in [0.2, 0.25) is 0 Å². The minimum atomic E-state index is -3.21. The minimum Gasteiger partial charge on any atom is -0.311 e. The molecule has 0 amide bonds. The minimum absolute atomic E-state index is 0.0230. The summed E-state index contributed by atoms with van der Waals surface area (Å²) in [5.74, 6) is 0.505. The van der Waals surface area contributed by atoms with Gasteiger partial charge < -0.3 is 4.57 Å². The molecule has 5 nitrogen and oxygen atoms in total. The monoisotopic (exact) mass is 378 g/mol. The maximum atomic E-state index is 12.6. The van der Waals surface area contributed by atoms with Crippen LogP contribution in [0.25, 0.3) is 10.4 Å². The third kappa shape index (κ3) is 2.98. The summed E-state index contributed by atoms with van der Waals surface area (Å²) in [6.07, 6.45) is 1.59. The summed E-state index contributed by atoms with van der Waals surface area (Å²) in [6, 6.07) is 7.61. The van der Waals surface area contributed by atoms with Crippen molar-refractivity contribution in [2.24, 2.45) is 5.92 Å². The molecule has 2 atom stereocenters. The summed E-state index contributed by atoms with van der Waals surface area (Å²) >= 11 is 1.65. The van der Waals surface area contributed by atoms with Gasteiger partial charge in [-0.3, -0.25) is 4.79 Å². The van der Waals surface area contributed by atoms with Gasteiger partial charge in [-0.15, -0.1) is 11.3 Å². The lowest BCUT2D eigenvalue weighted by Crippen LogP contribution is -2.49. The maximum Gasteiger partial charge on any atom is 0.250 e. The molecule has 0 N–H and O–H groups in total. The number of hydrogen-bond acceptors (Lipinski definition) is 4. The molecule has 4 rings (SSSR count). The van der Waals surface area contributed by atoms with E-state index in [1.165, 1.54) is 0 Å². The lowest BCUT2D eigenvalue weighted by Gasteiger charge is -2.42. The molecule has 0 aromatic carbocycles. The second-order valence-corrected chi connectivity index (χ2v) is 10.0. The van der Waals surface area contributed by atoms with Crippen molar-refractivity contribution < 1.29 is 8.42 Å². The van der Waals surface area contributed by atoms with Crippen molar-refractivity contribution in [3.8, 4) is 10.4 Å². The molecule has 0 unspecified atom stereocenters. The number of fused-ring (bicyclic) bond motifs is 4. The van der Waals surface area contributed by atoms with Crippen molar-refractivity contribution in [1.29, 1.82) is 0 Å². The Balaban J connectivity index is 1.79. The van der Waals surface area contributed by atoms with Gasteiger partial charge >= 0.3 is 0 Å². The van der Waals surface area contributed by atoms with Crippen LogP contribution in [0.15, 0.2) is 34.4 Å². The van der Waals surface area contributed by atoms with Gasteiger partial charge in [0.1, 0.15) is 0 Å². The average Bonchev–Trinajstić information content (AvgIpc) is 3.10. The summed E-state index contributed by atoms with van der Waals surface area (Å²) in [4.78, 5) is 13.6. The Hall–Kier alpha value is -1.44. The van der Waals surface area contributed by atoms with Crippen molar-refractivity contribution in [3.05, 3.63) is 45.7 Å². The Morgan fingerprint density at radius 1 is 1.20 bits per heavy atom. The molecule has 7 heteroatoms. The van der Waals surface area contributed by atoms with E-state index < -0.39 is 10.0 Å². The van der Waals surface area contributed by atoms with E-state index in [-0.39, 0.29) is 23.1 Å². The van der Waals surface area contributed by atoms with Gasteiger partial charge in [0.25, 0.3) is 5.56 Å². The summed E-state index contributed by atoms with van der Waals surface area (Å²) in [7, 11) is -3.21. The number of sulfonamides is 1. The van der Waals surface area contributed by atoms with E-state index in [1.54, 1.807) is 21.7 Å². The maximum absolute atomic E-state index is 12.6. The van der Waals surface area contributed by atoms with Gasteiger partial charge in [-0.1, -0.05) is 13.0 Å². The first-order valence-electron chi connectivity index (χ1n) is 8.75. The normalized spacial score (nSPS) is 23.4. The lowest BCUT2D eigenvalue weighted by atomic mass is 9.82. The van der Waals surface area contributed by atoms with Crippen LogP contribution >= 0.6 is 11.3 Å². The molecule has 0 saturated carbocycles. The summed E-state index contributed by atoms with van der Waals surface area (Å²) in [6.45, 7) is 3.53. The summed E-state index contributed by atoms with van der Waals surface area (Å²) in [5.41, 5.74) is 2.12. The van der Waals surface area contributed by atoms with Gasteiger partial charge in [0.15, 0.2) is 0 Å². The van der Waals surface area contributed by atoms with Crippen molar-refractivity contribution in [3.63, 3.8) is 0 Å². The first kappa shape index (κ1) is 17.0. The fourth-order valence-electron chi connectivity index (χ4n) is 4.23. The Kier molecular flexibility index (Phi) is 4.33. The van der Waals surface area contributed by atoms with Crippen LogP contribution in [0.3, 0.4) is 0 Å². The first-order valence-corrected chi connectivity index (χ1v) is 11.2. The molecule has 134 valence electrons. The van der Waals surface area contributed by atoms with E-state index in [9.17, 15) is 13.2 Å². The molecule has 1 fully saturated rings. The molecule has 25 heavy (non-hydrogen) atoms. The second-order valence-electron chi connectivity index (χ2n) is 6.99. The van der Waals surface area contributed by atoms with E-state index >= 15 is 0 Å². The molecular weight excluding hydrogens is 356 g/mol. The Labute approximate surface area is 152 Å². The molecule has 4 heterocycles. The molecule has 2 aliphatic rings. The molecule has 2 aliphatic heterocycles. The fourth-order valence-corrected chi connectivity index (χ4v) is 6.60. The highest BCUT2D eigenvalue weighted by Gasteiger charge is 2.39. The average molecular weight is 379 g/mol. The molecule has 2 aromatic heterocycles. The third-order valence-corrected chi connectivity index (χ3v) is 8.11. The van der Waals surface area contributed by atoms with Crippen LogP contribution in [0, 0.1) is 5.92 Å². The molecular formula is C18H22N2O3S2. The number of rotatable bonds is 4. The van der Waals surface area contributed by atoms with Gasteiger partial charge in [-0.05, 0) is 36.3 Å². The number of nitrogens with zero attached hydrogens (tertiary/aromatic N) is 2. The molecule has 2 aromatic rings. The lowest BCUT2D eigenvalue weighted by molar-refractivity contribution is 0.187. The molecule has 0 spiro atoms. The predicted octanol–water partition coefficient (Wildman–Crippen LogP) is 2.74. The fraction of sp³-hybridized carbons (Fsp3) is 0.500. The van der Waals surface area contributed by atoms with Gasteiger partial charge in [-0.25, -0.2) is 12.7 Å².